The lowest BCUT2D eigenvalue weighted by molar-refractivity contribution is 0.190. The van der Waals surface area contributed by atoms with Crippen LogP contribution in [0, 0.1) is 0 Å². The van der Waals surface area contributed by atoms with Crippen molar-refractivity contribution in [2.75, 3.05) is 39.8 Å². The normalized spacial score (nSPS) is 20.4. The summed E-state index contributed by atoms with van der Waals surface area (Å²) in [6.45, 7) is 12.3. The van der Waals surface area contributed by atoms with E-state index in [0.717, 1.165) is 45.0 Å². The second-order valence-electron chi connectivity index (χ2n) is 4.35. The van der Waals surface area contributed by atoms with Gasteiger partial charge in [-0.1, -0.05) is 19.4 Å². The van der Waals surface area contributed by atoms with Crippen LogP contribution < -0.4 is 0 Å². The minimum absolute atomic E-state index is 1.11. The number of hydrogen-bond acceptors (Lipinski definition) is 2. The van der Waals surface area contributed by atoms with Crippen molar-refractivity contribution in [3.8, 4) is 0 Å². The first kappa shape index (κ1) is 13.2. The third kappa shape index (κ3) is 3.63. The Morgan fingerprint density at radius 1 is 1.19 bits per heavy atom. The summed E-state index contributed by atoms with van der Waals surface area (Å²) >= 11 is 0. The number of rotatable bonds is 3. The zero-order chi connectivity index (χ0) is 12.0. The van der Waals surface area contributed by atoms with Crippen LogP contribution in [0.4, 0.5) is 0 Å². The van der Waals surface area contributed by atoms with E-state index in [1.54, 1.807) is 0 Å². The number of allylic oxidation sites excluding steroid dienone is 1. The maximum Gasteiger partial charge on any atom is 0.123 e. The molecule has 0 aromatic heterocycles. The molecule has 1 aliphatic rings. The SMILES string of the molecule is CC/C(C)=C\C(=NC)N1CCN(CC)CC1. The van der Waals surface area contributed by atoms with Gasteiger partial charge >= 0.3 is 0 Å². The lowest BCUT2D eigenvalue weighted by atomic mass is 10.2. The molecule has 0 amide bonds. The van der Waals surface area contributed by atoms with Crippen molar-refractivity contribution in [3.63, 3.8) is 0 Å². The minimum atomic E-state index is 1.11. The van der Waals surface area contributed by atoms with Gasteiger partial charge in [-0.3, -0.25) is 4.99 Å². The van der Waals surface area contributed by atoms with Gasteiger partial charge in [-0.15, -0.1) is 0 Å². The molecular weight excluding hydrogens is 198 g/mol. The van der Waals surface area contributed by atoms with Gasteiger partial charge in [-0.2, -0.15) is 0 Å². The highest BCUT2D eigenvalue weighted by Crippen LogP contribution is 2.06. The highest BCUT2D eigenvalue weighted by atomic mass is 15.3. The maximum absolute atomic E-state index is 4.40. The molecule has 1 heterocycles. The molecule has 1 fully saturated rings. The molecule has 0 spiro atoms. The Kier molecular flexibility index (Phi) is 5.53. The van der Waals surface area contributed by atoms with Crippen LogP contribution in [0.2, 0.25) is 0 Å². The molecule has 0 unspecified atom stereocenters. The van der Waals surface area contributed by atoms with E-state index in [4.69, 9.17) is 0 Å². The molecule has 1 saturated heterocycles. The standard InChI is InChI=1S/C13H25N3/c1-5-12(3)11-13(14-4)16-9-7-15(6-2)8-10-16/h11H,5-10H2,1-4H3/b12-11-,14-13?. The van der Waals surface area contributed by atoms with Gasteiger partial charge in [-0.25, -0.2) is 0 Å². The van der Waals surface area contributed by atoms with Crippen LogP contribution in [-0.4, -0.2) is 55.4 Å². The van der Waals surface area contributed by atoms with Gasteiger partial charge in [0.05, 0.1) is 0 Å². The second kappa shape index (κ2) is 6.69. The molecule has 0 aromatic rings. The first-order chi connectivity index (χ1) is 7.71. The summed E-state index contributed by atoms with van der Waals surface area (Å²) in [6, 6.07) is 0. The van der Waals surface area contributed by atoms with Gasteiger partial charge < -0.3 is 9.80 Å². The third-order valence-electron chi connectivity index (χ3n) is 3.31. The zero-order valence-electron chi connectivity index (χ0n) is 11.2. The number of piperazine rings is 1. The van der Waals surface area contributed by atoms with Crippen LogP contribution >= 0.6 is 0 Å². The van der Waals surface area contributed by atoms with Gasteiger partial charge in [0.1, 0.15) is 5.84 Å². The van der Waals surface area contributed by atoms with E-state index in [-0.39, 0.29) is 0 Å². The highest BCUT2D eigenvalue weighted by molar-refractivity contribution is 5.93. The van der Waals surface area contributed by atoms with Crippen molar-refractivity contribution in [2.45, 2.75) is 27.2 Å². The molecular formula is C13H25N3. The lowest BCUT2D eigenvalue weighted by Crippen LogP contribution is -2.48. The third-order valence-corrected chi connectivity index (χ3v) is 3.31. The van der Waals surface area contributed by atoms with Crippen LogP contribution in [0.5, 0.6) is 0 Å². The number of amidine groups is 1. The minimum Gasteiger partial charge on any atom is -0.354 e. The van der Waals surface area contributed by atoms with E-state index < -0.39 is 0 Å². The molecule has 3 nitrogen and oxygen atoms in total. The summed E-state index contributed by atoms with van der Waals surface area (Å²) in [4.78, 5) is 9.28. The Hall–Kier alpha value is -0.830. The molecule has 0 aromatic carbocycles. The molecule has 0 saturated carbocycles. The first-order valence-corrected chi connectivity index (χ1v) is 6.32. The molecule has 1 aliphatic heterocycles. The van der Waals surface area contributed by atoms with Gasteiger partial charge in [0.25, 0.3) is 0 Å². The smallest absolute Gasteiger partial charge is 0.123 e. The predicted octanol–water partition coefficient (Wildman–Crippen LogP) is 2.01. The average molecular weight is 223 g/mol. The van der Waals surface area contributed by atoms with Gasteiger partial charge in [0.2, 0.25) is 0 Å². The Balaban J connectivity index is 2.57. The van der Waals surface area contributed by atoms with Crippen molar-refractivity contribution in [1.29, 1.82) is 0 Å². The summed E-state index contributed by atoms with van der Waals surface area (Å²) in [5, 5.41) is 0. The first-order valence-electron chi connectivity index (χ1n) is 6.32. The van der Waals surface area contributed by atoms with Crippen LogP contribution in [0.3, 0.4) is 0 Å². The lowest BCUT2D eigenvalue weighted by Gasteiger charge is -2.35. The molecule has 0 N–H and O–H groups in total. The Labute approximate surface area is 99.8 Å². The molecule has 0 atom stereocenters. The fraction of sp³-hybridized carbons (Fsp3) is 0.769. The van der Waals surface area contributed by atoms with Crippen LogP contribution in [0.15, 0.2) is 16.6 Å². The largest absolute Gasteiger partial charge is 0.354 e. The van der Waals surface area contributed by atoms with Crippen LogP contribution in [0.1, 0.15) is 27.2 Å². The van der Waals surface area contributed by atoms with Crippen molar-refractivity contribution < 1.29 is 0 Å². The number of likely N-dealkylation sites (N-methyl/N-ethyl adjacent to an activating group) is 1. The van der Waals surface area contributed by atoms with E-state index in [2.05, 4.69) is 41.6 Å². The second-order valence-corrected chi connectivity index (χ2v) is 4.35. The van der Waals surface area contributed by atoms with Crippen molar-refractivity contribution in [2.24, 2.45) is 4.99 Å². The fourth-order valence-electron chi connectivity index (χ4n) is 1.91. The van der Waals surface area contributed by atoms with Gasteiger partial charge in [0.15, 0.2) is 0 Å². The Morgan fingerprint density at radius 2 is 1.81 bits per heavy atom. The predicted molar refractivity (Wildman–Crippen MR) is 71.1 cm³/mol. The summed E-state index contributed by atoms with van der Waals surface area (Å²) < 4.78 is 0. The summed E-state index contributed by atoms with van der Waals surface area (Å²) in [5.41, 5.74) is 1.40. The van der Waals surface area contributed by atoms with Crippen molar-refractivity contribution in [3.05, 3.63) is 11.6 Å². The van der Waals surface area contributed by atoms with E-state index in [0.29, 0.717) is 0 Å². The number of hydrogen-bond donors (Lipinski definition) is 0. The quantitative estimate of drug-likeness (QED) is 0.538. The number of aliphatic imine (C=N–C) groups is 1. The van der Waals surface area contributed by atoms with Crippen LogP contribution in [-0.2, 0) is 0 Å². The molecule has 92 valence electrons. The Bertz CT molecular complexity index is 260. The molecule has 0 aliphatic carbocycles. The van der Waals surface area contributed by atoms with Crippen molar-refractivity contribution in [1.82, 2.24) is 9.80 Å². The topological polar surface area (TPSA) is 18.8 Å². The zero-order valence-corrected chi connectivity index (χ0v) is 11.2. The van der Waals surface area contributed by atoms with E-state index in [1.165, 1.54) is 5.57 Å². The number of nitrogens with zero attached hydrogens (tertiary/aromatic N) is 3. The Morgan fingerprint density at radius 3 is 2.25 bits per heavy atom. The highest BCUT2D eigenvalue weighted by Gasteiger charge is 2.16. The average Bonchev–Trinajstić information content (AvgIpc) is 2.35. The summed E-state index contributed by atoms with van der Waals surface area (Å²) in [5.74, 6) is 1.15. The maximum atomic E-state index is 4.40. The van der Waals surface area contributed by atoms with E-state index in [1.807, 2.05) is 7.05 Å². The summed E-state index contributed by atoms with van der Waals surface area (Å²) in [7, 11) is 1.89. The van der Waals surface area contributed by atoms with E-state index >= 15 is 0 Å². The summed E-state index contributed by atoms with van der Waals surface area (Å²) in [6.07, 6.45) is 3.33. The molecule has 3 heteroatoms. The van der Waals surface area contributed by atoms with Crippen LogP contribution in [0.25, 0.3) is 0 Å². The molecule has 1 rings (SSSR count). The molecule has 0 radical (unpaired) electrons. The monoisotopic (exact) mass is 223 g/mol. The van der Waals surface area contributed by atoms with Crippen molar-refractivity contribution >= 4 is 5.84 Å². The molecule has 0 bridgehead atoms. The van der Waals surface area contributed by atoms with Gasteiger partial charge in [-0.05, 0) is 26.0 Å². The molecule has 16 heavy (non-hydrogen) atoms. The van der Waals surface area contributed by atoms with E-state index in [9.17, 15) is 0 Å². The van der Waals surface area contributed by atoms with Gasteiger partial charge in [0, 0.05) is 33.2 Å². The fourth-order valence-corrected chi connectivity index (χ4v) is 1.91.